The predicted octanol–water partition coefficient (Wildman–Crippen LogP) is 0.588. The second-order valence-electron chi connectivity index (χ2n) is 4.46. The number of nitrogens with zero attached hydrogens (tertiary/aromatic N) is 2. The molecule has 0 radical (unpaired) electrons. The molecule has 1 heterocycles. The van der Waals surface area contributed by atoms with Crippen LogP contribution in [0.4, 0.5) is 0 Å². The minimum atomic E-state index is -3.53. The molecule has 104 valence electrons. The van der Waals surface area contributed by atoms with Crippen molar-refractivity contribution in [3.63, 3.8) is 0 Å². The van der Waals surface area contributed by atoms with Crippen molar-refractivity contribution in [1.82, 2.24) is 14.5 Å². The summed E-state index contributed by atoms with van der Waals surface area (Å²) in [4.78, 5) is 0.131. The largest absolute Gasteiger partial charge is 0.394 e. The summed E-state index contributed by atoms with van der Waals surface area (Å²) in [5.74, 6) is 0.271. The predicted molar refractivity (Wildman–Crippen MR) is 68.6 cm³/mol. The highest BCUT2D eigenvalue weighted by Crippen LogP contribution is 2.12. The minimum Gasteiger partial charge on any atom is -0.394 e. The van der Waals surface area contributed by atoms with Crippen molar-refractivity contribution in [1.29, 1.82) is 0 Å². The van der Waals surface area contributed by atoms with Crippen molar-refractivity contribution in [2.45, 2.75) is 44.7 Å². The number of aliphatic hydroxyl groups excluding tert-OH is 1. The van der Waals surface area contributed by atoms with Crippen LogP contribution in [0.3, 0.4) is 0 Å². The quantitative estimate of drug-likeness (QED) is 0.762. The van der Waals surface area contributed by atoms with E-state index in [1.54, 1.807) is 0 Å². The average molecular weight is 275 g/mol. The minimum absolute atomic E-state index is 0.0716. The van der Waals surface area contributed by atoms with Crippen LogP contribution in [0.25, 0.3) is 0 Å². The SMILES string of the molecule is CCC(C)C(C)NS(=O)(=O)c1cnn(CCO)c1. The fourth-order valence-electron chi connectivity index (χ4n) is 1.49. The Bertz CT molecular complexity index is 470. The molecular weight excluding hydrogens is 254 g/mol. The lowest BCUT2D eigenvalue weighted by Gasteiger charge is -2.19. The highest BCUT2D eigenvalue weighted by atomic mass is 32.2. The lowest BCUT2D eigenvalue weighted by Crippen LogP contribution is -2.36. The monoisotopic (exact) mass is 275 g/mol. The van der Waals surface area contributed by atoms with Crippen LogP contribution < -0.4 is 4.72 Å². The number of aliphatic hydroxyl groups is 1. The maximum Gasteiger partial charge on any atom is 0.243 e. The van der Waals surface area contributed by atoms with Crippen LogP contribution in [0.5, 0.6) is 0 Å². The summed E-state index contributed by atoms with van der Waals surface area (Å²) >= 11 is 0. The summed E-state index contributed by atoms with van der Waals surface area (Å²) in [6, 6.07) is -0.124. The molecule has 1 rings (SSSR count). The Hall–Kier alpha value is -0.920. The number of sulfonamides is 1. The number of nitrogens with one attached hydrogen (secondary N) is 1. The van der Waals surface area contributed by atoms with E-state index in [0.717, 1.165) is 6.42 Å². The molecule has 0 saturated heterocycles. The van der Waals surface area contributed by atoms with Crippen LogP contribution in [0, 0.1) is 5.92 Å². The first kappa shape index (κ1) is 15.1. The van der Waals surface area contributed by atoms with Gasteiger partial charge in [0.2, 0.25) is 10.0 Å². The van der Waals surface area contributed by atoms with E-state index in [1.807, 2.05) is 20.8 Å². The molecule has 2 N–H and O–H groups in total. The van der Waals surface area contributed by atoms with E-state index in [0.29, 0.717) is 0 Å². The highest BCUT2D eigenvalue weighted by molar-refractivity contribution is 7.89. The number of hydrogen-bond donors (Lipinski definition) is 2. The summed E-state index contributed by atoms with van der Waals surface area (Å²) in [5, 5.41) is 12.6. The zero-order valence-electron chi connectivity index (χ0n) is 11.0. The molecule has 1 aromatic heterocycles. The summed E-state index contributed by atoms with van der Waals surface area (Å²) in [6.07, 6.45) is 3.62. The third-order valence-electron chi connectivity index (χ3n) is 3.09. The van der Waals surface area contributed by atoms with Gasteiger partial charge in [0.1, 0.15) is 4.90 Å². The van der Waals surface area contributed by atoms with Gasteiger partial charge in [0.25, 0.3) is 0 Å². The molecule has 2 atom stereocenters. The smallest absolute Gasteiger partial charge is 0.243 e. The van der Waals surface area contributed by atoms with Crippen LogP contribution >= 0.6 is 0 Å². The highest BCUT2D eigenvalue weighted by Gasteiger charge is 2.21. The standard InChI is InChI=1S/C11H21N3O3S/c1-4-9(2)10(3)13-18(16,17)11-7-12-14(8-11)5-6-15/h7-10,13,15H,4-6H2,1-3H3. The molecule has 7 heteroatoms. The van der Waals surface area contributed by atoms with Crippen molar-refractivity contribution in [3.05, 3.63) is 12.4 Å². The van der Waals surface area contributed by atoms with Crippen molar-refractivity contribution < 1.29 is 13.5 Å². The third-order valence-corrected chi connectivity index (χ3v) is 4.60. The zero-order chi connectivity index (χ0) is 13.8. The van der Waals surface area contributed by atoms with Crippen molar-refractivity contribution >= 4 is 10.0 Å². The van der Waals surface area contributed by atoms with Crippen LogP contribution in [0.15, 0.2) is 17.3 Å². The Balaban J connectivity index is 2.79. The Morgan fingerprint density at radius 3 is 2.72 bits per heavy atom. The van der Waals surface area contributed by atoms with E-state index < -0.39 is 10.0 Å². The molecule has 0 aliphatic heterocycles. The molecule has 6 nitrogen and oxygen atoms in total. The molecular formula is C11H21N3O3S. The zero-order valence-corrected chi connectivity index (χ0v) is 11.8. The maximum atomic E-state index is 12.1. The first-order valence-electron chi connectivity index (χ1n) is 6.06. The molecule has 18 heavy (non-hydrogen) atoms. The van der Waals surface area contributed by atoms with Gasteiger partial charge in [0.15, 0.2) is 0 Å². The molecule has 0 spiro atoms. The average Bonchev–Trinajstić information content (AvgIpc) is 2.77. The van der Waals surface area contributed by atoms with Crippen molar-refractivity contribution in [2.75, 3.05) is 6.61 Å². The van der Waals surface area contributed by atoms with Gasteiger partial charge in [-0.2, -0.15) is 5.10 Å². The molecule has 0 amide bonds. The molecule has 0 aliphatic rings. The molecule has 1 aromatic rings. The first-order valence-corrected chi connectivity index (χ1v) is 7.54. The lowest BCUT2D eigenvalue weighted by atomic mass is 10.0. The van der Waals surface area contributed by atoms with Gasteiger partial charge >= 0.3 is 0 Å². The van der Waals surface area contributed by atoms with Gasteiger partial charge in [-0.15, -0.1) is 0 Å². The number of aromatic nitrogens is 2. The van der Waals surface area contributed by atoms with Crippen LogP contribution in [0.1, 0.15) is 27.2 Å². The topological polar surface area (TPSA) is 84.2 Å². The van der Waals surface area contributed by atoms with Gasteiger partial charge < -0.3 is 5.11 Å². The van der Waals surface area contributed by atoms with Gasteiger partial charge in [0.05, 0.1) is 19.3 Å². The first-order chi connectivity index (χ1) is 8.40. The normalized spacial score (nSPS) is 15.6. The molecule has 2 unspecified atom stereocenters. The Morgan fingerprint density at radius 2 is 2.17 bits per heavy atom. The van der Waals surface area contributed by atoms with E-state index in [-0.39, 0.29) is 30.0 Å². The molecule has 0 fully saturated rings. The van der Waals surface area contributed by atoms with E-state index in [2.05, 4.69) is 9.82 Å². The van der Waals surface area contributed by atoms with Crippen LogP contribution in [-0.4, -0.2) is 36.0 Å². The van der Waals surface area contributed by atoms with Gasteiger partial charge in [-0.1, -0.05) is 20.3 Å². The van der Waals surface area contributed by atoms with Crippen molar-refractivity contribution in [3.8, 4) is 0 Å². The third kappa shape index (κ3) is 3.79. The van der Waals surface area contributed by atoms with E-state index in [4.69, 9.17) is 5.11 Å². The summed E-state index contributed by atoms with van der Waals surface area (Å²) in [5.41, 5.74) is 0. The summed E-state index contributed by atoms with van der Waals surface area (Å²) in [7, 11) is -3.53. The molecule has 0 saturated carbocycles. The van der Waals surface area contributed by atoms with Gasteiger partial charge in [0, 0.05) is 12.2 Å². The van der Waals surface area contributed by atoms with E-state index in [1.165, 1.54) is 17.1 Å². The maximum absolute atomic E-state index is 12.1. The lowest BCUT2D eigenvalue weighted by molar-refractivity contribution is 0.269. The second-order valence-corrected chi connectivity index (χ2v) is 6.17. The fraction of sp³-hybridized carbons (Fsp3) is 0.727. The van der Waals surface area contributed by atoms with E-state index >= 15 is 0 Å². The molecule has 0 bridgehead atoms. The summed E-state index contributed by atoms with van der Waals surface area (Å²) in [6.45, 7) is 6.09. The van der Waals surface area contributed by atoms with Crippen molar-refractivity contribution in [2.24, 2.45) is 5.92 Å². The molecule has 0 aliphatic carbocycles. The summed E-state index contributed by atoms with van der Waals surface area (Å²) < 4.78 is 28.1. The second kappa shape index (κ2) is 6.31. The van der Waals surface area contributed by atoms with Gasteiger partial charge in [-0.3, -0.25) is 4.68 Å². The van der Waals surface area contributed by atoms with E-state index in [9.17, 15) is 8.42 Å². The van der Waals surface area contributed by atoms with Crippen LogP contribution in [-0.2, 0) is 16.6 Å². The fourth-order valence-corrected chi connectivity index (χ4v) is 2.79. The number of hydrogen-bond acceptors (Lipinski definition) is 4. The van der Waals surface area contributed by atoms with Gasteiger partial charge in [-0.25, -0.2) is 13.1 Å². The Labute approximate surface area is 108 Å². The molecule has 0 aromatic carbocycles. The Kier molecular flexibility index (Phi) is 5.30. The van der Waals surface area contributed by atoms with Crippen LogP contribution in [0.2, 0.25) is 0 Å². The van der Waals surface area contributed by atoms with Gasteiger partial charge in [-0.05, 0) is 12.8 Å². The Morgan fingerprint density at radius 1 is 1.50 bits per heavy atom. The number of rotatable bonds is 7.